The summed E-state index contributed by atoms with van der Waals surface area (Å²) in [6.07, 6.45) is 0. The molecule has 1 aromatic carbocycles. The molecule has 0 heterocycles. The zero-order valence-electron chi connectivity index (χ0n) is 8.79. The van der Waals surface area contributed by atoms with E-state index in [0.717, 1.165) is 5.56 Å². The largest absolute Gasteiger partial charge is 0.375 e. The highest BCUT2D eigenvalue weighted by Gasteiger charge is 2.08. The van der Waals surface area contributed by atoms with E-state index in [0.29, 0.717) is 5.02 Å². The summed E-state index contributed by atoms with van der Waals surface area (Å²) in [4.78, 5) is 11.2. The number of hydrogen-bond donors (Lipinski definition) is 1. The first-order valence-electron chi connectivity index (χ1n) is 4.67. The van der Waals surface area contributed by atoms with Gasteiger partial charge < -0.3 is 10.1 Å². The third-order valence-electron chi connectivity index (χ3n) is 2.02. The number of hydrogen-bond acceptors (Lipinski definition) is 2. The Labute approximate surface area is 94.4 Å². The smallest absolute Gasteiger partial charge is 0.246 e. The maximum absolute atomic E-state index is 11.2. The Bertz CT molecular complexity index is 324. The highest BCUT2D eigenvalue weighted by Crippen LogP contribution is 2.15. The SMILES string of the molecule is COCC(=O)N[C@H](C)c1ccc(Cl)cc1. The van der Waals surface area contributed by atoms with Crippen LogP contribution in [0, 0.1) is 0 Å². The van der Waals surface area contributed by atoms with Crippen LogP contribution >= 0.6 is 11.6 Å². The first kappa shape index (κ1) is 12.0. The van der Waals surface area contributed by atoms with Gasteiger partial charge in [0.25, 0.3) is 0 Å². The lowest BCUT2D eigenvalue weighted by molar-refractivity contribution is -0.125. The third-order valence-corrected chi connectivity index (χ3v) is 2.27. The van der Waals surface area contributed by atoms with E-state index in [1.54, 1.807) is 12.1 Å². The number of nitrogens with one attached hydrogen (secondary N) is 1. The molecule has 0 aromatic heterocycles. The fourth-order valence-corrected chi connectivity index (χ4v) is 1.38. The van der Waals surface area contributed by atoms with Crippen LogP contribution in [0.2, 0.25) is 5.02 Å². The second-order valence-electron chi connectivity index (χ2n) is 3.27. The van der Waals surface area contributed by atoms with Crippen LogP contribution in [0.15, 0.2) is 24.3 Å². The van der Waals surface area contributed by atoms with Crippen LogP contribution in [0.3, 0.4) is 0 Å². The summed E-state index contributed by atoms with van der Waals surface area (Å²) in [7, 11) is 1.49. The summed E-state index contributed by atoms with van der Waals surface area (Å²) in [5, 5.41) is 3.50. The lowest BCUT2D eigenvalue weighted by Gasteiger charge is -2.13. The van der Waals surface area contributed by atoms with E-state index in [4.69, 9.17) is 16.3 Å². The standard InChI is InChI=1S/C11H14ClNO2/c1-8(13-11(14)7-15-2)9-3-5-10(12)6-4-9/h3-6,8H,7H2,1-2H3,(H,13,14)/t8-/m1/s1. The van der Waals surface area contributed by atoms with E-state index in [9.17, 15) is 4.79 Å². The molecule has 0 bridgehead atoms. The van der Waals surface area contributed by atoms with Gasteiger partial charge in [0.2, 0.25) is 5.91 Å². The number of rotatable bonds is 4. The van der Waals surface area contributed by atoms with Crippen molar-refractivity contribution in [2.24, 2.45) is 0 Å². The van der Waals surface area contributed by atoms with Crippen molar-refractivity contribution in [3.63, 3.8) is 0 Å². The summed E-state index contributed by atoms with van der Waals surface area (Å²) in [6, 6.07) is 7.34. The minimum absolute atomic E-state index is 0.0371. The molecule has 0 unspecified atom stereocenters. The summed E-state index contributed by atoms with van der Waals surface area (Å²) in [5.41, 5.74) is 1.02. The average Bonchev–Trinajstić information content (AvgIpc) is 2.18. The van der Waals surface area contributed by atoms with Crippen LogP contribution in [-0.2, 0) is 9.53 Å². The minimum atomic E-state index is -0.125. The van der Waals surface area contributed by atoms with Gasteiger partial charge in [-0.3, -0.25) is 4.79 Å². The molecule has 1 atom stereocenters. The van der Waals surface area contributed by atoms with Gasteiger partial charge in [0.15, 0.2) is 0 Å². The quantitative estimate of drug-likeness (QED) is 0.856. The predicted octanol–water partition coefficient (Wildman–Crippen LogP) is 2.16. The van der Waals surface area contributed by atoms with Gasteiger partial charge in [-0.15, -0.1) is 0 Å². The molecule has 1 rings (SSSR count). The molecule has 0 radical (unpaired) electrons. The van der Waals surface area contributed by atoms with Crippen molar-refractivity contribution in [2.75, 3.05) is 13.7 Å². The number of carbonyl (C=O) groups excluding carboxylic acids is 1. The van der Waals surface area contributed by atoms with E-state index in [1.165, 1.54) is 7.11 Å². The van der Waals surface area contributed by atoms with Crippen LogP contribution in [0.4, 0.5) is 0 Å². The molecule has 1 aromatic rings. The van der Waals surface area contributed by atoms with Crippen LogP contribution in [0.5, 0.6) is 0 Å². The van der Waals surface area contributed by atoms with Gasteiger partial charge in [0.1, 0.15) is 6.61 Å². The first-order valence-corrected chi connectivity index (χ1v) is 5.05. The van der Waals surface area contributed by atoms with Crippen molar-refractivity contribution in [1.82, 2.24) is 5.32 Å². The zero-order valence-corrected chi connectivity index (χ0v) is 9.54. The Morgan fingerprint density at radius 2 is 2.07 bits per heavy atom. The Morgan fingerprint density at radius 3 is 2.60 bits per heavy atom. The van der Waals surface area contributed by atoms with E-state index >= 15 is 0 Å². The number of amides is 1. The minimum Gasteiger partial charge on any atom is -0.375 e. The number of methoxy groups -OCH3 is 1. The van der Waals surface area contributed by atoms with Crippen molar-refractivity contribution in [1.29, 1.82) is 0 Å². The molecule has 0 spiro atoms. The molecule has 1 N–H and O–H groups in total. The number of halogens is 1. The summed E-state index contributed by atoms with van der Waals surface area (Å²) in [6.45, 7) is 1.99. The third kappa shape index (κ3) is 3.90. The van der Waals surface area contributed by atoms with E-state index in [2.05, 4.69) is 5.32 Å². The van der Waals surface area contributed by atoms with Crippen molar-refractivity contribution < 1.29 is 9.53 Å². The van der Waals surface area contributed by atoms with Crippen molar-refractivity contribution in [3.8, 4) is 0 Å². The Morgan fingerprint density at radius 1 is 1.47 bits per heavy atom. The van der Waals surface area contributed by atoms with Gasteiger partial charge in [0, 0.05) is 12.1 Å². The molecule has 0 aliphatic heterocycles. The molecule has 1 amide bonds. The van der Waals surface area contributed by atoms with Crippen LogP contribution in [0.25, 0.3) is 0 Å². The summed E-state index contributed by atoms with van der Waals surface area (Å²) < 4.78 is 4.73. The highest BCUT2D eigenvalue weighted by atomic mass is 35.5. The molecule has 0 aliphatic carbocycles. The van der Waals surface area contributed by atoms with Crippen molar-refractivity contribution >= 4 is 17.5 Å². The molecular formula is C11H14ClNO2. The maximum Gasteiger partial charge on any atom is 0.246 e. The van der Waals surface area contributed by atoms with Crippen LogP contribution < -0.4 is 5.32 Å². The molecule has 4 heteroatoms. The Hall–Kier alpha value is -1.06. The fourth-order valence-electron chi connectivity index (χ4n) is 1.25. The van der Waals surface area contributed by atoms with Gasteiger partial charge in [0.05, 0.1) is 6.04 Å². The molecule has 0 saturated heterocycles. The first-order chi connectivity index (χ1) is 7.13. The molecule has 15 heavy (non-hydrogen) atoms. The van der Waals surface area contributed by atoms with Crippen LogP contribution in [-0.4, -0.2) is 19.6 Å². The molecule has 82 valence electrons. The van der Waals surface area contributed by atoms with Gasteiger partial charge in [-0.25, -0.2) is 0 Å². The Kier molecular flexibility index (Phi) is 4.59. The fraction of sp³-hybridized carbons (Fsp3) is 0.364. The number of carbonyl (C=O) groups is 1. The molecule has 0 fully saturated rings. The Balaban J connectivity index is 2.57. The lowest BCUT2D eigenvalue weighted by atomic mass is 10.1. The van der Waals surface area contributed by atoms with E-state index in [-0.39, 0.29) is 18.6 Å². The average molecular weight is 228 g/mol. The molecular weight excluding hydrogens is 214 g/mol. The van der Waals surface area contributed by atoms with Gasteiger partial charge in [-0.05, 0) is 24.6 Å². The topological polar surface area (TPSA) is 38.3 Å². The monoisotopic (exact) mass is 227 g/mol. The summed E-state index contributed by atoms with van der Waals surface area (Å²) >= 11 is 5.76. The van der Waals surface area contributed by atoms with E-state index < -0.39 is 0 Å². The molecule has 3 nitrogen and oxygen atoms in total. The zero-order chi connectivity index (χ0) is 11.3. The number of benzene rings is 1. The molecule has 0 saturated carbocycles. The van der Waals surface area contributed by atoms with Crippen LogP contribution in [0.1, 0.15) is 18.5 Å². The number of ether oxygens (including phenoxy) is 1. The second kappa shape index (κ2) is 5.73. The van der Waals surface area contributed by atoms with Gasteiger partial charge >= 0.3 is 0 Å². The molecule has 0 aliphatic rings. The maximum atomic E-state index is 11.2. The summed E-state index contributed by atoms with van der Waals surface area (Å²) in [5.74, 6) is -0.125. The second-order valence-corrected chi connectivity index (χ2v) is 3.71. The van der Waals surface area contributed by atoms with Gasteiger partial charge in [-0.2, -0.15) is 0 Å². The van der Waals surface area contributed by atoms with Gasteiger partial charge in [-0.1, -0.05) is 23.7 Å². The predicted molar refractivity (Wildman–Crippen MR) is 59.9 cm³/mol. The van der Waals surface area contributed by atoms with E-state index in [1.807, 2.05) is 19.1 Å². The van der Waals surface area contributed by atoms with Crippen molar-refractivity contribution in [2.45, 2.75) is 13.0 Å². The highest BCUT2D eigenvalue weighted by molar-refractivity contribution is 6.30. The lowest BCUT2D eigenvalue weighted by Crippen LogP contribution is -2.29. The normalized spacial score (nSPS) is 12.2. The van der Waals surface area contributed by atoms with Crippen molar-refractivity contribution in [3.05, 3.63) is 34.9 Å².